The summed E-state index contributed by atoms with van der Waals surface area (Å²) >= 11 is 6.25. The van der Waals surface area contributed by atoms with Crippen LogP contribution in [0.4, 0.5) is 10.1 Å². The van der Waals surface area contributed by atoms with Crippen molar-refractivity contribution in [1.82, 2.24) is 5.32 Å². The van der Waals surface area contributed by atoms with E-state index in [-0.39, 0.29) is 5.82 Å². The molecule has 0 saturated carbocycles. The minimum atomic E-state index is -0.283. The first-order chi connectivity index (χ1) is 15.9. The topological polar surface area (TPSA) is 50.4 Å². The second-order valence-electron chi connectivity index (χ2n) is 7.71. The van der Waals surface area contributed by atoms with E-state index >= 15 is 0 Å². The zero-order valence-corrected chi connectivity index (χ0v) is 20.4. The molecule has 0 amide bonds. The summed E-state index contributed by atoms with van der Waals surface area (Å²) in [7, 11) is 0. The minimum absolute atomic E-state index is 0.283. The highest BCUT2D eigenvalue weighted by Crippen LogP contribution is 2.21. The molecule has 0 radical (unpaired) electrons. The molecule has 33 heavy (non-hydrogen) atoms. The van der Waals surface area contributed by atoms with Crippen LogP contribution in [0.25, 0.3) is 5.70 Å². The maximum Gasteiger partial charge on any atom is 0.135 e. The summed E-state index contributed by atoms with van der Waals surface area (Å²) in [6, 6.07) is 19.8. The predicted octanol–water partition coefficient (Wildman–Crippen LogP) is 7.77. The van der Waals surface area contributed by atoms with E-state index in [0.29, 0.717) is 39.9 Å². The Hall–Kier alpha value is -3.11. The molecule has 3 nitrogen and oxygen atoms in total. The van der Waals surface area contributed by atoms with Crippen molar-refractivity contribution in [2.24, 2.45) is 4.99 Å². The molecule has 0 fully saturated rings. The highest BCUT2D eigenvalue weighted by Gasteiger charge is 2.12. The highest BCUT2D eigenvalue weighted by atomic mass is 35.5. The van der Waals surface area contributed by atoms with E-state index < -0.39 is 0 Å². The molecule has 3 rings (SSSR count). The van der Waals surface area contributed by atoms with Crippen molar-refractivity contribution in [3.8, 4) is 0 Å². The number of aliphatic imine (C=N–C) groups is 1. The summed E-state index contributed by atoms with van der Waals surface area (Å²) in [6.07, 6.45) is 4.08. The quantitative estimate of drug-likeness (QED) is 0.212. The molecule has 0 aliphatic rings. The molecule has 3 aromatic rings. The van der Waals surface area contributed by atoms with Gasteiger partial charge in [0.1, 0.15) is 11.7 Å². The van der Waals surface area contributed by atoms with Gasteiger partial charge in [0.25, 0.3) is 0 Å². The van der Waals surface area contributed by atoms with Crippen LogP contribution in [0.5, 0.6) is 0 Å². The number of benzene rings is 3. The van der Waals surface area contributed by atoms with Crippen LogP contribution in [0.2, 0.25) is 5.02 Å². The van der Waals surface area contributed by atoms with Crippen LogP contribution in [0, 0.1) is 12.7 Å². The van der Waals surface area contributed by atoms with E-state index in [1.165, 1.54) is 25.3 Å². The van der Waals surface area contributed by atoms with Crippen molar-refractivity contribution < 1.29 is 4.39 Å². The molecule has 3 aromatic carbocycles. The summed E-state index contributed by atoms with van der Waals surface area (Å²) in [6.45, 7) is 10.6. The maximum absolute atomic E-state index is 13.9. The van der Waals surface area contributed by atoms with E-state index in [1.807, 2.05) is 48.5 Å². The lowest BCUT2D eigenvalue weighted by Gasteiger charge is -2.16. The molecule has 174 valence electrons. The van der Waals surface area contributed by atoms with Gasteiger partial charge in [-0.2, -0.15) is 0 Å². The second kappa shape index (κ2) is 13.4. The Morgan fingerprint density at radius 2 is 1.61 bits per heavy atom. The van der Waals surface area contributed by atoms with E-state index in [9.17, 15) is 4.39 Å². The molecule has 0 atom stereocenters. The molecule has 0 aliphatic carbocycles. The number of nitrogens with two attached hydrogens (primary N) is 1. The maximum atomic E-state index is 13.9. The molecule has 0 unspecified atom stereocenters. The van der Waals surface area contributed by atoms with Crippen molar-refractivity contribution >= 4 is 28.8 Å². The van der Waals surface area contributed by atoms with Gasteiger partial charge in [-0.1, -0.05) is 93.8 Å². The molecule has 0 aromatic heterocycles. The summed E-state index contributed by atoms with van der Waals surface area (Å²) in [5, 5.41) is 3.86. The van der Waals surface area contributed by atoms with Crippen LogP contribution >= 0.6 is 11.6 Å². The third-order valence-corrected chi connectivity index (χ3v) is 5.52. The minimum Gasteiger partial charge on any atom is -0.398 e. The molecular weight excluding hydrogens is 433 g/mol. The molecule has 3 N–H and O–H groups in total. The SMILES string of the molecule is C=C(NC(=NCc1ccccc1Cl)c1ccccc1N)c1cccc(F)c1C.CCCCC. The van der Waals surface area contributed by atoms with Crippen LogP contribution in [-0.4, -0.2) is 5.84 Å². The van der Waals surface area contributed by atoms with Crippen LogP contribution in [-0.2, 0) is 6.54 Å². The van der Waals surface area contributed by atoms with Gasteiger partial charge in [-0.25, -0.2) is 4.39 Å². The first kappa shape index (κ1) is 26.1. The van der Waals surface area contributed by atoms with Gasteiger partial charge in [-0.3, -0.25) is 4.99 Å². The number of hydrogen-bond donors (Lipinski definition) is 2. The molecule has 0 saturated heterocycles. The molecule has 0 aliphatic heterocycles. The summed E-state index contributed by atoms with van der Waals surface area (Å²) in [5.41, 5.74) is 10.1. The Balaban J connectivity index is 0.000000696. The van der Waals surface area contributed by atoms with E-state index in [4.69, 9.17) is 17.3 Å². The normalized spacial score (nSPS) is 10.9. The van der Waals surface area contributed by atoms with Gasteiger partial charge in [0.2, 0.25) is 0 Å². The third-order valence-electron chi connectivity index (χ3n) is 5.15. The number of rotatable bonds is 7. The third kappa shape index (κ3) is 7.76. The Bertz CT molecular complexity index is 1090. The lowest BCUT2D eigenvalue weighted by atomic mass is 10.1. The van der Waals surface area contributed by atoms with E-state index in [0.717, 1.165) is 11.1 Å². The fourth-order valence-corrected chi connectivity index (χ4v) is 3.39. The summed E-state index contributed by atoms with van der Waals surface area (Å²) in [5.74, 6) is 0.265. The van der Waals surface area contributed by atoms with Crippen LogP contribution in [0.1, 0.15) is 55.4 Å². The lowest BCUT2D eigenvalue weighted by Crippen LogP contribution is -2.24. The number of nitrogens with zero attached hydrogens (tertiary/aromatic N) is 1. The van der Waals surface area contributed by atoms with Crippen LogP contribution < -0.4 is 11.1 Å². The van der Waals surface area contributed by atoms with E-state index in [2.05, 4.69) is 30.7 Å². The van der Waals surface area contributed by atoms with Crippen molar-refractivity contribution in [3.05, 3.63) is 106 Å². The van der Waals surface area contributed by atoms with Crippen molar-refractivity contribution in [1.29, 1.82) is 0 Å². The number of nitrogens with one attached hydrogen (secondary N) is 1. The average molecular weight is 466 g/mol. The smallest absolute Gasteiger partial charge is 0.135 e. The number of para-hydroxylation sites is 1. The average Bonchev–Trinajstić information content (AvgIpc) is 2.80. The van der Waals surface area contributed by atoms with E-state index in [1.54, 1.807) is 19.1 Å². The van der Waals surface area contributed by atoms with Gasteiger partial charge in [-0.15, -0.1) is 0 Å². The fraction of sp³-hybridized carbons (Fsp3) is 0.250. The lowest BCUT2D eigenvalue weighted by molar-refractivity contribution is 0.618. The van der Waals surface area contributed by atoms with Gasteiger partial charge in [0.15, 0.2) is 0 Å². The first-order valence-corrected chi connectivity index (χ1v) is 11.6. The molecule has 0 spiro atoms. The number of unbranched alkanes of at least 4 members (excludes halogenated alkanes) is 2. The molecule has 5 heteroatoms. The largest absolute Gasteiger partial charge is 0.398 e. The van der Waals surface area contributed by atoms with Gasteiger partial charge in [-0.05, 0) is 42.3 Å². The summed E-state index contributed by atoms with van der Waals surface area (Å²) < 4.78 is 13.9. The Kier molecular flexibility index (Phi) is 10.6. The fourth-order valence-electron chi connectivity index (χ4n) is 3.19. The van der Waals surface area contributed by atoms with Crippen molar-refractivity contribution in [3.63, 3.8) is 0 Å². The highest BCUT2D eigenvalue weighted by molar-refractivity contribution is 6.31. The zero-order chi connectivity index (χ0) is 24.2. The number of halogens is 2. The first-order valence-electron chi connectivity index (χ1n) is 11.2. The Morgan fingerprint density at radius 1 is 0.970 bits per heavy atom. The van der Waals surface area contributed by atoms with Gasteiger partial charge < -0.3 is 11.1 Å². The number of hydrogen-bond acceptors (Lipinski definition) is 2. The van der Waals surface area contributed by atoms with Crippen LogP contribution in [0.3, 0.4) is 0 Å². The van der Waals surface area contributed by atoms with Crippen molar-refractivity contribution in [2.75, 3.05) is 5.73 Å². The Morgan fingerprint density at radius 3 is 2.24 bits per heavy atom. The number of amidine groups is 1. The molecule has 0 heterocycles. The number of anilines is 1. The van der Waals surface area contributed by atoms with Crippen molar-refractivity contribution in [2.45, 2.75) is 46.6 Å². The molecule has 0 bridgehead atoms. The standard InChI is InChI=1S/C23H21ClFN3.C5H12/c1-15-18(10-7-12-21(15)25)16(2)28-23(19-9-4-6-13-22(19)26)27-14-17-8-3-5-11-20(17)24;1-3-5-4-2/h3-13H,2,14,26H2,1H3,(H,27,28);3-5H2,1-2H3. The number of nitrogen functional groups attached to an aromatic ring is 1. The predicted molar refractivity (Wildman–Crippen MR) is 141 cm³/mol. The Labute approximate surface area is 202 Å². The zero-order valence-electron chi connectivity index (χ0n) is 19.7. The van der Waals surface area contributed by atoms with Gasteiger partial charge >= 0.3 is 0 Å². The molecular formula is C28H33ClFN3. The monoisotopic (exact) mass is 465 g/mol. The summed E-state index contributed by atoms with van der Waals surface area (Å²) in [4.78, 5) is 4.69. The second-order valence-corrected chi connectivity index (χ2v) is 8.12. The van der Waals surface area contributed by atoms with Gasteiger partial charge in [0, 0.05) is 27.5 Å². The van der Waals surface area contributed by atoms with Crippen LogP contribution in [0.15, 0.2) is 78.3 Å². The van der Waals surface area contributed by atoms with Gasteiger partial charge in [0.05, 0.1) is 6.54 Å².